The first-order valence-electron chi connectivity index (χ1n) is 9.04. The van der Waals surface area contributed by atoms with E-state index in [4.69, 9.17) is 4.74 Å². The average Bonchev–Trinajstić information content (AvgIpc) is 2.89. The molecule has 132 valence electrons. The van der Waals surface area contributed by atoms with E-state index in [0.29, 0.717) is 5.92 Å². The van der Waals surface area contributed by atoms with Crippen LogP contribution in [0.4, 0.5) is 0 Å². The largest absolute Gasteiger partial charge is 0.493 e. The molecular formula is C21H27N3O. The molecule has 2 aromatic rings. The average molecular weight is 337 g/mol. The van der Waals surface area contributed by atoms with Crippen LogP contribution >= 0.6 is 0 Å². The molecule has 0 amide bonds. The van der Waals surface area contributed by atoms with E-state index in [1.165, 1.54) is 29.7 Å². The molecule has 1 aliphatic heterocycles. The molecule has 1 aromatic carbocycles. The number of nitrogens with zero attached hydrogens (tertiary/aromatic N) is 3. The summed E-state index contributed by atoms with van der Waals surface area (Å²) in [4.78, 5) is 2.50. The fraction of sp³-hybridized carbons (Fsp3) is 0.476. The van der Waals surface area contributed by atoms with Crippen molar-refractivity contribution in [2.75, 3.05) is 19.7 Å². The summed E-state index contributed by atoms with van der Waals surface area (Å²) in [5, 5.41) is 9.20. The number of aromatic nitrogens is 1. The van der Waals surface area contributed by atoms with Gasteiger partial charge in [0.05, 0.1) is 6.61 Å². The number of hydrogen-bond acceptors (Lipinski definition) is 3. The lowest BCUT2D eigenvalue weighted by Gasteiger charge is -2.32. The number of hydrogen-bond donors (Lipinski definition) is 0. The zero-order valence-corrected chi connectivity index (χ0v) is 15.5. The van der Waals surface area contributed by atoms with E-state index in [2.05, 4.69) is 36.9 Å². The Labute approximate surface area is 150 Å². The van der Waals surface area contributed by atoms with Crippen molar-refractivity contribution in [2.45, 2.75) is 33.2 Å². The van der Waals surface area contributed by atoms with E-state index in [-0.39, 0.29) is 0 Å². The number of benzene rings is 1. The van der Waals surface area contributed by atoms with Gasteiger partial charge in [0.1, 0.15) is 17.5 Å². The van der Waals surface area contributed by atoms with Crippen LogP contribution in [0.2, 0.25) is 0 Å². The first-order chi connectivity index (χ1) is 12.1. The van der Waals surface area contributed by atoms with Crippen LogP contribution in [0.25, 0.3) is 0 Å². The maximum atomic E-state index is 9.20. The normalized spacial score (nSPS) is 18.1. The standard InChI is InChI=1S/C21H27N3O/c1-16-6-8-21(9-7-16)25-15-18-5-4-10-24(13-18)14-19-11-20(12-22)23(3)17(19)2/h6-9,11,18H,4-5,10,13-15H2,1-3H3/t18-/m0/s1. The molecule has 1 saturated heterocycles. The Balaban J connectivity index is 1.56. The molecule has 0 N–H and O–H groups in total. The van der Waals surface area contributed by atoms with Gasteiger partial charge in [0.2, 0.25) is 0 Å². The molecule has 1 fully saturated rings. The van der Waals surface area contributed by atoms with Crippen molar-refractivity contribution in [3.63, 3.8) is 0 Å². The van der Waals surface area contributed by atoms with E-state index in [9.17, 15) is 5.26 Å². The third kappa shape index (κ3) is 4.24. The highest BCUT2D eigenvalue weighted by Gasteiger charge is 2.22. The van der Waals surface area contributed by atoms with Crippen molar-refractivity contribution in [3.05, 3.63) is 52.8 Å². The van der Waals surface area contributed by atoms with Crippen LogP contribution in [-0.4, -0.2) is 29.2 Å². The van der Waals surface area contributed by atoms with E-state index in [1.807, 2.05) is 29.8 Å². The van der Waals surface area contributed by atoms with Crippen LogP contribution in [0.3, 0.4) is 0 Å². The van der Waals surface area contributed by atoms with E-state index >= 15 is 0 Å². The highest BCUT2D eigenvalue weighted by atomic mass is 16.5. The van der Waals surface area contributed by atoms with Gasteiger partial charge in [-0.2, -0.15) is 5.26 Å². The maximum Gasteiger partial charge on any atom is 0.120 e. The molecule has 4 nitrogen and oxygen atoms in total. The zero-order chi connectivity index (χ0) is 17.8. The van der Waals surface area contributed by atoms with Gasteiger partial charge in [-0.05, 0) is 57.0 Å². The topological polar surface area (TPSA) is 41.2 Å². The summed E-state index contributed by atoms with van der Waals surface area (Å²) in [6, 6.07) is 12.6. The van der Waals surface area contributed by atoms with Gasteiger partial charge in [-0.15, -0.1) is 0 Å². The third-order valence-electron chi connectivity index (χ3n) is 5.26. The minimum absolute atomic E-state index is 0.564. The van der Waals surface area contributed by atoms with Gasteiger partial charge in [-0.25, -0.2) is 0 Å². The molecular weight excluding hydrogens is 310 g/mol. The molecule has 0 unspecified atom stereocenters. The Morgan fingerprint density at radius 1 is 1.24 bits per heavy atom. The molecule has 0 saturated carbocycles. The van der Waals surface area contributed by atoms with Crippen molar-refractivity contribution in [1.29, 1.82) is 5.26 Å². The summed E-state index contributed by atoms with van der Waals surface area (Å²) < 4.78 is 7.97. The lowest BCUT2D eigenvalue weighted by Crippen LogP contribution is -2.37. The molecule has 0 spiro atoms. The minimum atomic E-state index is 0.564. The minimum Gasteiger partial charge on any atom is -0.493 e. The second kappa shape index (κ2) is 7.76. The number of piperidine rings is 1. The van der Waals surface area contributed by atoms with Crippen LogP contribution in [-0.2, 0) is 13.6 Å². The van der Waals surface area contributed by atoms with Gasteiger partial charge in [0.15, 0.2) is 0 Å². The summed E-state index contributed by atoms with van der Waals surface area (Å²) in [7, 11) is 1.96. The van der Waals surface area contributed by atoms with Gasteiger partial charge in [0.25, 0.3) is 0 Å². The van der Waals surface area contributed by atoms with Gasteiger partial charge in [-0.1, -0.05) is 17.7 Å². The molecule has 1 atom stereocenters. The molecule has 0 radical (unpaired) electrons. The van der Waals surface area contributed by atoms with Crippen molar-refractivity contribution >= 4 is 0 Å². The fourth-order valence-electron chi connectivity index (χ4n) is 3.55. The number of rotatable bonds is 5. The Morgan fingerprint density at radius 3 is 2.68 bits per heavy atom. The highest BCUT2D eigenvalue weighted by molar-refractivity contribution is 5.34. The lowest BCUT2D eigenvalue weighted by atomic mass is 9.98. The van der Waals surface area contributed by atoms with Gasteiger partial charge in [0, 0.05) is 31.7 Å². The second-order valence-electron chi connectivity index (χ2n) is 7.18. The van der Waals surface area contributed by atoms with Crippen molar-refractivity contribution < 1.29 is 4.74 Å². The number of aryl methyl sites for hydroxylation is 1. The van der Waals surface area contributed by atoms with E-state index in [1.54, 1.807) is 0 Å². The first-order valence-corrected chi connectivity index (χ1v) is 9.04. The molecule has 3 rings (SSSR count). The Morgan fingerprint density at radius 2 is 2.00 bits per heavy atom. The van der Waals surface area contributed by atoms with Crippen LogP contribution in [0.15, 0.2) is 30.3 Å². The number of nitriles is 1. The smallest absolute Gasteiger partial charge is 0.120 e. The first kappa shape index (κ1) is 17.6. The van der Waals surface area contributed by atoms with Crippen LogP contribution in [0.5, 0.6) is 5.75 Å². The molecule has 0 aliphatic carbocycles. The predicted molar refractivity (Wildman–Crippen MR) is 99.5 cm³/mol. The lowest BCUT2D eigenvalue weighted by molar-refractivity contribution is 0.125. The molecule has 1 aromatic heterocycles. The van der Waals surface area contributed by atoms with Crippen LogP contribution in [0.1, 0.15) is 35.4 Å². The van der Waals surface area contributed by atoms with Crippen molar-refractivity contribution in [1.82, 2.24) is 9.47 Å². The maximum absolute atomic E-state index is 9.20. The molecule has 1 aliphatic rings. The van der Waals surface area contributed by atoms with Crippen LogP contribution < -0.4 is 4.74 Å². The van der Waals surface area contributed by atoms with Gasteiger partial charge < -0.3 is 9.30 Å². The summed E-state index contributed by atoms with van der Waals surface area (Å²) in [5.41, 5.74) is 4.45. The predicted octanol–water partition coefficient (Wildman–Crippen LogP) is 3.80. The van der Waals surface area contributed by atoms with E-state index < -0.39 is 0 Å². The molecule has 4 heteroatoms. The zero-order valence-electron chi connectivity index (χ0n) is 15.5. The number of likely N-dealkylation sites (tertiary alicyclic amines) is 1. The van der Waals surface area contributed by atoms with Gasteiger partial charge >= 0.3 is 0 Å². The Kier molecular flexibility index (Phi) is 5.45. The van der Waals surface area contributed by atoms with Crippen molar-refractivity contribution in [3.8, 4) is 11.8 Å². The summed E-state index contributed by atoms with van der Waals surface area (Å²) in [6.07, 6.45) is 2.43. The SMILES string of the molecule is Cc1ccc(OC[C@H]2CCCN(Cc3cc(C#N)n(C)c3C)C2)cc1. The quantitative estimate of drug-likeness (QED) is 0.833. The molecule has 25 heavy (non-hydrogen) atoms. The molecule has 2 heterocycles. The summed E-state index contributed by atoms with van der Waals surface area (Å²) >= 11 is 0. The Bertz CT molecular complexity index is 755. The fourth-order valence-corrected chi connectivity index (χ4v) is 3.55. The Hall–Kier alpha value is -2.25. The highest BCUT2D eigenvalue weighted by Crippen LogP contribution is 2.22. The second-order valence-corrected chi connectivity index (χ2v) is 7.18. The number of ether oxygens (including phenoxy) is 1. The van der Waals surface area contributed by atoms with Crippen molar-refractivity contribution in [2.24, 2.45) is 13.0 Å². The van der Waals surface area contributed by atoms with E-state index in [0.717, 1.165) is 37.7 Å². The van der Waals surface area contributed by atoms with Crippen LogP contribution in [0, 0.1) is 31.1 Å². The summed E-state index contributed by atoms with van der Waals surface area (Å²) in [5.74, 6) is 1.52. The van der Waals surface area contributed by atoms with Gasteiger partial charge in [-0.3, -0.25) is 4.90 Å². The molecule has 0 bridgehead atoms. The third-order valence-corrected chi connectivity index (χ3v) is 5.26. The monoisotopic (exact) mass is 337 g/mol. The summed E-state index contributed by atoms with van der Waals surface area (Å²) in [6.45, 7) is 8.06.